The van der Waals surface area contributed by atoms with Gasteiger partial charge in [-0.05, 0) is 17.5 Å². The van der Waals surface area contributed by atoms with Crippen molar-refractivity contribution in [3.63, 3.8) is 0 Å². The zero-order valence-corrected chi connectivity index (χ0v) is 12.3. The number of hydrogen-bond acceptors (Lipinski definition) is 7. The molecule has 3 aromatic heterocycles. The zero-order chi connectivity index (χ0) is 15.7. The number of nitrogens with one attached hydrogen (secondary N) is 1. The number of aromatic nitrogens is 3. The van der Waals surface area contributed by atoms with Crippen molar-refractivity contribution >= 4 is 33.1 Å². The molecule has 0 aliphatic carbocycles. The smallest absolute Gasteiger partial charge is 0.287 e. The van der Waals surface area contributed by atoms with Gasteiger partial charge in [0.2, 0.25) is 0 Å². The molecular formula is C13H11N5O3S. The van der Waals surface area contributed by atoms with Crippen molar-refractivity contribution < 1.29 is 4.92 Å². The highest BCUT2D eigenvalue weighted by atomic mass is 32.1. The Morgan fingerprint density at radius 1 is 1.41 bits per heavy atom. The van der Waals surface area contributed by atoms with E-state index in [-0.39, 0.29) is 11.2 Å². The fraction of sp³-hybridized carbons (Fsp3) is 0.154. The molecule has 3 rings (SSSR count). The summed E-state index contributed by atoms with van der Waals surface area (Å²) in [6.45, 7) is 0.339. The van der Waals surface area contributed by atoms with Crippen LogP contribution in [0.3, 0.4) is 0 Å². The van der Waals surface area contributed by atoms with Crippen LogP contribution in [0.25, 0.3) is 10.2 Å². The summed E-state index contributed by atoms with van der Waals surface area (Å²) in [4.78, 5) is 34.9. The standard InChI is InChI=1S/C13H11N5O3S/c1-17(11-3-2-8(6-14-11)18(20)21)7-10-15-9-4-5-22-12(9)13(19)16-10/h2-6H,7H2,1H3,(H,15,16,19). The topological polar surface area (TPSA) is 105 Å². The van der Waals surface area contributed by atoms with Crippen LogP contribution in [-0.2, 0) is 6.54 Å². The number of fused-ring (bicyclic) bond motifs is 1. The van der Waals surface area contributed by atoms with Gasteiger partial charge in [0.1, 0.15) is 22.5 Å². The highest BCUT2D eigenvalue weighted by Gasteiger charge is 2.11. The minimum atomic E-state index is -0.500. The van der Waals surface area contributed by atoms with Crippen LogP contribution in [0, 0.1) is 10.1 Å². The van der Waals surface area contributed by atoms with Gasteiger partial charge in [0.05, 0.1) is 17.0 Å². The van der Waals surface area contributed by atoms with Crippen LogP contribution in [0.4, 0.5) is 11.5 Å². The first-order valence-corrected chi connectivity index (χ1v) is 7.20. The van der Waals surface area contributed by atoms with Crippen molar-refractivity contribution in [3.8, 4) is 0 Å². The van der Waals surface area contributed by atoms with Crippen molar-refractivity contribution in [2.24, 2.45) is 0 Å². The molecule has 112 valence electrons. The maximum Gasteiger partial charge on any atom is 0.287 e. The average Bonchev–Trinajstić information content (AvgIpc) is 2.96. The maximum absolute atomic E-state index is 11.9. The molecule has 0 atom stereocenters. The summed E-state index contributed by atoms with van der Waals surface area (Å²) < 4.78 is 0.597. The van der Waals surface area contributed by atoms with Gasteiger partial charge >= 0.3 is 0 Å². The summed E-state index contributed by atoms with van der Waals surface area (Å²) in [5.74, 6) is 1.07. The number of hydrogen-bond donors (Lipinski definition) is 1. The first-order valence-electron chi connectivity index (χ1n) is 6.32. The highest BCUT2D eigenvalue weighted by molar-refractivity contribution is 7.17. The number of thiophene rings is 1. The number of H-pyrrole nitrogens is 1. The molecule has 8 nitrogen and oxygen atoms in total. The molecule has 0 spiro atoms. The van der Waals surface area contributed by atoms with Crippen LogP contribution in [0.5, 0.6) is 0 Å². The predicted molar refractivity (Wildman–Crippen MR) is 83.2 cm³/mol. The highest BCUT2D eigenvalue weighted by Crippen LogP contribution is 2.17. The van der Waals surface area contributed by atoms with Crippen LogP contribution in [0.2, 0.25) is 0 Å². The van der Waals surface area contributed by atoms with E-state index in [1.807, 2.05) is 5.38 Å². The fourth-order valence-corrected chi connectivity index (χ4v) is 2.74. The Hall–Kier alpha value is -2.81. The minimum Gasteiger partial charge on any atom is -0.352 e. The average molecular weight is 317 g/mol. The van der Waals surface area contributed by atoms with Gasteiger partial charge in [-0.3, -0.25) is 14.9 Å². The van der Waals surface area contributed by atoms with E-state index in [1.54, 1.807) is 24.1 Å². The molecule has 9 heteroatoms. The quantitative estimate of drug-likeness (QED) is 0.582. The molecule has 0 saturated heterocycles. The van der Waals surface area contributed by atoms with Gasteiger partial charge in [0.15, 0.2) is 0 Å². The summed E-state index contributed by atoms with van der Waals surface area (Å²) in [6.07, 6.45) is 1.20. The van der Waals surface area contributed by atoms with Gasteiger partial charge in [-0.15, -0.1) is 11.3 Å². The summed E-state index contributed by atoms with van der Waals surface area (Å²) in [5, 5.41) is 12.4. The number of aromatic amines is 1. The van der Waals surface area contributed by atoms with Gasteiger partial charge in [-0.2, -0.15) is 0 Å². The largest absolute Gasteiger partial charge is 0.352 e. The third-order valence-electron chi connectivity index (χ3n) is 3.09. The molecule has 3 heterocycles. The fourth-order valence-electron chi connectivity index (χ4n) is 2.01. The SMILES string of the molecule is CN(Cc1nc2ccsc2c(=O)[nH]1)c1ccc([N+](=O)[O-])cn1. The Labute approximate surface area is 128 Å². The maximum atomic E-state index is 11.9. The van der Waals surface area contributed by atoms with E-state index in [0.29, 0.717) is 28.4 Å². The lowest BCUT2D eigenvalue weighted by molar-refractivity contribution is -0.385. The van der Waals surface area contributed by atoms with Gasteiger partial charge < -0.3 is 9.88 Å². The molecule has 0 fully saturated rings. The van der Waals surface area contributed by atoms with Crippen LogP contribution in [-0.4, -0.2) is 26.9 Å². The van der Waals surface area contributed by atoms with Crippen LogP contribution >= 0.6 is 11.3 Å². The number of nitro groups is 1. The molecular weight excluding hydrogens is 306 g/mol. The van der Waals surface area contributed by atoms with Crippen molar-refractivity contribution in [1.82, 2.24) is 15.0 Å². The molecule has 0 unspecified atom stereocenters. The number of pyridine rings is 1. The van der Waals surface area contributed by atoms with Gasteiger partial charge in [0, 0.05) is 13.1 Å². The van der Waals surface area contributed by atoms with Gasteiger partial charge in [0.25, 0.3) is 11.2 Å². The second-order valence-corrected chi connectivity index (χ2v) is 5.55. The van der Waals surface area contributed by atoms with Gasteiger partial charge in [-0.1, -0.05) is 0 Å². The summed E-state index contributed by atoms with van der Waals surface area (Å²) >= 11 is 1.35. The molecule has 0 saturated carbocycles. The Kier molecular flexibility index (Phi) is 3.55. The third kappa shape index (κ3) is 2.66. The molecule has 0 aliphatic rings. The zero-order valence-electron chi connectivity index (χ0n) is 11.5. The Balaban J connectivity index is 1.84. The van der Waals surface area contributed by atoms with Crippen molar-refractivity contribution in [2.45, 2.75) is 6.54 Å². The predicted octanol–water partition coefficient (Wildman–Crippen LogP) is 1.92. The second-order valence-electron chi connectivity index (χ2n) is 4.64. The van der Waals surface area contributed by atoms with E-state index in [9.17, 15) is 14.9 Å². The van der Waals surface area contributed by atoms with E-state index in [2.05, 4.69) is 15.0 Å². The van der Waals surface area contributed by atoms with E-state index in [1.165, 1.54) is 23.6 Å². The molecule has 3 aromatic rings. The van der Waals surface area contributed by atoms with Crippen LogP contribution < -0.4 is 10.5 Å². The van der Waals surface area contributed by atoms with Gasteiger partial charge in [-0.25, -0.2) is 9.97 Å². The lowest BCUT2D eigenvalue weighted by Crippen LogP contribution is -2.22. The van der Waals surface area contributed by atoms with Crippen molar-refractivity contribution in [2.75, 3.05) is 11.9 Å². The van der Waals surface area contributed by atoms with Crippen LogP contribution in [0.15, 0.2) is 34.6 Å². The molecule has 1 N–H and O–H groups in total. The lowest BCUT2D eigenvalue weighted by Gasteiger charge is -2.16. The number of anilines is 1. The molecule has 22 heavy (non-hydrogen) atoms. The van der Waals surface area contributed by atoms with E-state index < -0.39 is 4.92 Å². The first kappa shape index (κ1) is 14.1. The van der Waals surface area contributed by atoms with E-state index >= 15 is 0 Å². The second kappa shape index (κ2) is 5.53. The summed E-state index contributed by atoms with van der Waals surface area (Å²) in [7, 11) is 1.77. The van der Waals surface area contributed by atoms with Crippen LogP contribution in [0.1, 0.15) is 5.82 Å². The third-order valence-corrected chi connectivity index (χ3v) is 3.99. The minimum absolute atomic E-state index is 0.0663. The monoisotopic (exact) mass is 317 g/mol. The number of rotatable bonds is 4. The Morgan fingerprint density at radius 2 is 2.23 bits per heavy atom. The summed E-state index contributed by atoms with van der Waals surface area (Å²) in [5.41, 5.74) is 0.428. The van der Waals surface area contributed by atoms with E-state index in [4.69, 9.17) is 0 Å². The molecule has 0 radical (unpaired) electrons. The van der Waals surface area contributed by atoms with Crippen molar-refractivity contribution in [1.29, 1.82) is 0 Å². The first-order chi connectivity index (χ1) is 10.5. The lowest BCUT2D eigenvalue weighted by atomic mass is 10.4. The molecule has 0 aliphatic heterocycles. The molecule has 0 aromatic carbocycles. The van der Waals surface area contributed by atoms with Crippen molar-refractivity contribution in [3.05, 3.63) is 56.1 Å². The summed E-state index contributed by atoms with van der Waals surface area (Å²) in [6, 6.07) is 4.74. The number of nitrogens with zero attached hydrogens (tertiary/aromatic N) is 4. The Bertz CT molecular complexity index is 887. The normalized spacial score (nSPS) is 10.8. The molecule has 0 amide bonds. The van der Waals surface area contributed by atoms with E-state index in [0.717, 1.165) is 0 Å². The Morgan fingerprint density at radius 3 is 2.91 bits per heavy atom. The molecule has 0 bridgehead atoms.